The van der Waals surface area contributed by atoms with E-state index >= 15 is 0 Å². The monoisotopic (exact) mass is 198 g/mol. The predicted molar refractivity (Wildman–Crippen MR) is 47.6 cm³/mol. The highest BCUT2D eigenvalue weighted by Crippen LogP contribution is 2.11. The Labute approximate surface area is 79.5 Å². The molecule has 0 saturated carbocycles. The molecule has 0 spiro atoms. The second-order valence-electron chi connectivity index (χ2n) is 2.81. The van der Waals surface area contributed by atoms with Crippen molar-refractivity contribution in [3.63, 3.8) is 0 Å². The van der Waals surface area contributed by atoms with Crippen molar-refractivity contribution >= 4 is 12.0 Å². The quantitative estimate of drug-likeness (QED) is 0.741. The topological polar surface area (TPSA) is 37.3 Å². The number of rotatable bonds is 2. The van der Waals surface area contributed by atoms with Gasteiger partial charge >= 0.3 is 5.97 Å². The van der Waals surface area contributed by atoms with E-state index in [0.717, 1.165) is 12.1 Å². The van der Waals surface area contributed by atoms with Gasteiger partial charge in [-0.25, -0.2) is 13.6 Å². The molecule has 2 nitrogen and oxygen atoms in total. The molecule has 0 aliphatic heterocycles. The Kier molecular flexibility index (Phi) is 2.96. The van der Waals surface area contributed by atoms with E-state index in [-0.39, 0.29) is 5.57 Å². The van der Waals surface area contributed by atoms with Crippen LogP contribution < -0.4 is 0 Å². The lowest BCUT2D eigenvalue weighted by Gasteiger charge is -1.97. The van der Waals surface area contributed by atoms with Crippen molar-refractivity contribution in [1.29, 1.82) is 0 Å². The Balaban J connectivity index is 3.04. The van der Waals surface area contributed by atoms with Crippen molar-refractivity contribution in [1.82, 2.24) is 0 Å². The zero-order valence-electron chi connectivity index (χ0n) is 7.42. The molecule has 0 heterocycles. The van der Waals surface area contributed by atoms with Crippen LogP contribution in [-0.2, 0) is 4.79 Å². The molecule has 0 atom stereocenters. The third kappa shape index (κ3) is 2.39. The van der Waals surface area contributed by atoms with Gasteiger partial charge in [-0.05, 0) is 30.7 Å². The number of aliphatic carboxylic acids is 1. The second kappa shape index (κ2) is 4.00. The average Bonchev–Trinajstić information content (AvgIpc) is 2.11. The van der Waals surface area contributed by atoms with Crippen LogP contribution in [0.25, 0.3) is 6.08 Å². The summed E-state index contributed by atoms with van der Waals surface area (Å²) in [4.78, 5) is 10.4. The van der Waals surface area contributed by atoms with Crippen molar-refractivity contribution in [3.8, 4) is 0 Å². The van der Waals surface area contributed by atoms with Gasteiger partial charge in [0.05, 0.1) is 0 Å². The van der Waals surface area contributed by atoms with Gasteiger partial charge in [0, 0.05) is 5.57 Å². The maximum Gasteiger partial charge on any atom is 0.331 e. The molecule has 14 heavy (non-hydrogen) atoms. The van der Waals surface area contributed by atoms with Crippen LogP contribution in [0.4, 0.5) is 8.78 Å². The number of carboxylic acids is 1. The zero-order valence-corrected chi connectivity index (χ0v) is 7.42. The molecule has 0 aliphatic rings. The Morgan fingerprint density at radius 2 is 2.00 bits per heavy atom. The van der Waals surface area contributed by atoms with Crippen LogP contribution in [-0.4, -0.2) is 11.1 Å². The summed E-state index contributed by atoms with van der Waals surface area (Å²) in [5.74, 6) is -3.03. The third-order valence-corrected chi connectivity index (χ3v) is 1.66. The Hall–Kier alpha value is -1.71. The van der Waals surface area contributed by atoms with E-state index in [2.05, 4.69) is 0 Å². The summed E-state index contributed by atoms with van der Waals surface area (Å²) in [6.07, 6.45) is 1.27. The average molecular weight is 198 g/mol. The molecule has 0 aromatic heterocycles. The molecule has 1 rings (SSSR count). The van der Waals surface area contributed by atoms with Gasteiger partial charge in [0.2, 0.25) is 0 Å². The molecule has 0 radical (unpaired) electrons. The molecule has 0 saturated heterocycles. The maximum atomic E-state index is 12.7. The van der Waals surface area contributed by atoms with E-state index < -0.39 is 17.6 Å². The van der Waals surface area contributed by atoms with E-state index in [0.29, 0.717) is 5.56 Å². The van der Waals surface area contributed by atoms with E-state index in [9.17, 15) is 13.6 Å². The molecule has 1 N–H and O–H groups in total. The summed E-state index contributed by atoms with van der Waals surface area (Å²) < 4.78 is 25.2. The standard InChI is InChI=1S/C10H8F2O2/c1-6(10(13)14)4-7-2-3-8(11)9(12)5-7/h2-5H,1H3,(H,13,14). The first-order valence-corrected chi connectivity index (χ1v) is 3.87. The van der Waals surface area contributed by atoms with E-state index in [1.165, 1.54) is 19.1 Å². The Morgan fingerprint density at radius 3 is 2.50 bits per heavy atom. The first kappa shape index (κ1) is 10.4. The van der Waals surface area contributed by atoms with Crippen LogP contribution in [0.5, 0.6) is 0 Å². The van der Waals surface area contributed by atoms with E-state index in [1.807, 2.05) is 0 Å². The summed E-state index contributed by atoms with van der Waals surface area (Å²) in [7, 11) is 0. The molecular formula is C10H8F2O2. The van der Waals surface area contributed by atoms with E-state index in [1.54, 1.807) is 0 Å². The maximum absolute atomic E-state index is 12.7. The van der Waals surface area contributed by atoms with Crippen LogP contribution in [0.1, 0.15) is 12.5 Å². The third-order valence-electron chi connectivity index (χ3n) is 1.66. The fraction of sp³-hybridized carbons (Fsp3) is 0.100. The fourth-order valence-corrected chi connectivity index (χ4v) is 0.914. The van der Waals surface area contributed by atoms with Crippen molar-refractivity contribution < 1.29 is 18.7 Å². The number of halogens is 2. The van der Waals surface area contributed by atoms with Gasteiger partial charge in [-0.2, -0.15) is 0 Å². The summed E-state index contributed by atoms with van der Waals surface area (Å²) in [5.41, 5.74) is 0.389. The van der Waals surface area contributed by atoms with Crippen molar-refractivity contribution in [2.75, 3.05) is 0 Å². The SMILES string of the molecule is CC(=Cc1ccc(F)c(F)c1)C(=O)O. The van der Waals surface area contributed by atoms with Crippen LogP contribution in [0.15, 0.2) is 23.8 Å². The van der Waals surface area contributed by atoms with Gasteiger partial charge in [0.15, 0.2) is 11.6 Å². The van der Waals surface area contributed by atoms with E-state index in [4.69, 9.17) is 5.11 Å². The molecule has 4 heteroatoms. The first-order chi connectivity index (χ1) is 6.50. The lowest BCUT2D eigenvalue weighted by molar-refractivity contribution is -0.132. The molecule has 1 aromatic carbocycles. The first-order valence-electron chi connectivity index (χ1n) is 3.87. The number of carbonyl (C=O) groups is 1. The fourth-order valence-electron chi connectivity index (χ4n) is 0.914. The molecule has 0 aliphatic carbocycles. The summed E-state index contributed by atoms with van der Waals surface area (Å²) in [6.45, 7) is 1.38. The zero-order chi connectivity index (χ0) is 10.7. The molecule has 0 amide bonds. The van der Waals surface area contributed by atoms with Crippen LogP contribution in [0.2, 0.25) is 0 Å². The molecule has 0 bridgehead atoms. The number of hydrogen-bond donors (Lipinski definition) is 1. The van der Waals surface area contributed by atoms with Gasteiger partial charge in [0.1, 0.15) is 0 Å². The van der Waals surface area contributed by atoms with Crippen molar-refractivity contribution in [2.45, 2.75) is 6.92 Å². The number of carboxylic acid groups (broad SMARTS) is 1. The van der Waals surface area contributed by atoms with Crippen LogP contribution in [0.3, 0.4) is 0 Å². The molecule has 0 fully saturated rings. The van der Waals surface area contributed by atoms with Crippen molar-refractivity contribution in [3.05, 3.63) is 41.0 Å². The van der Waals surface area contributed by atoms with Crippen LogP contribution >= 0.6 is 0 Å². The lowest BCUT2D eigenvalue weighted by Crippen LogP contribution is -1.95. The number of hydrogen-bond acceptors (Lipinski definition) is 1. The smallest absolute Gasteiger partial charge is 0.331 e. The van der Waals surface area contributed by atoms with Crippen molar-refractivity contribution in [2.24, 2.45) is 0 Å². The van der Waals surface area contributed by atoms with Gasteiger partial charge in [-0.3, -0.25) is 0 Å². The molecule has 1 aromatic rings. The highest BCUT2D eigenvalue weighted by molar-refractivity contribution is 5.91. The summed E-state index contributed by atoms with van der Waals surface area (Å²) >= 11 is 0. The summed E-state index contributed by atoms with van der Waals surface area (Å²) in [5, 5.41) is 8.53. The highest BCUT2D eigenvalue weighted by atomic mass is 19.2. The molecular weight excluding hydrogens is 190 g/mol. The largest absolute Gasteiger partial charge is 0.478 e. The minimum atomic E-state index is -1.09. The Morgan fingerprint density at radius 1 is 1.36 bits per heavy atom. The summed E-state index contributed by atoms with van der Waals surface area (Å²) in [6, 6.07) is 3.21. The highest BCUT2D eigenvalue weighted by Gasteiger charge is 2.03. The van der Waals surface area contributed by atoms with Gasteiger partial charge < -0.3 is 5.11 Å². The Bertz CT molecular complexity index is 397. The minimum Gasteiger partial charge on any atom is -0.478 e. The lowest BCUT2D eigenvalue weighted by atomic mass is 10.1. The minimum absolute atomic E-state index is 0.0657. The second-order valence-corrected chi connectivity index (χ2v) is 2.81. The van der Waals surface area contributed by atoms with Gasteiger partial charge in [0.25, 0.3) is 0 Å². The normalized spacial score (nSPS) is 11.5. The molecule has 0 unspecified atom stereocenters. The van der Waals surface area contributed by atoms with Gasteiger partial charge in [-0.15, -0.1) is 0 Å². The molecule has 74 valence electrons. The predicted octanol–water partition coefficient (Wildman–Crippen LogP) is 2.45. The van der Waals surface area contributed by atoms with Crippen LogP contribution in [0, 0.1) is 11.6 Å². The van der Waals surface area contributed by atoms with Gasteiger partial charge in [-0.1, -0.05) is 6.07 Å². The number of benzene rings is 1.